The van der Waals surface area contributed by atoms with Crippen LogP contribution in [0.5, 0.6) is 0 Å². The van der Waals surface area contributed by atoms with Gasteiger partial charge in [0.05, 0.1) is 10.5 Å². The second-order valence-electron chi connectivity index (χ2n) is 5.67. The van der Waals surface area contributed by atoms with E-state index < -0.39 is 21.7 Å². The smallest absolute Gasteiger partial charge is 0.254 e. The van der Waals surface area contributed by atoms with Crippen molar-refractivity contribution < 1.29 is 17.6 Å². The molecule has 116 valence electrons. The lowest BCUT2D eigenvalue weighted by molar-refractivity contribution is 0.0942. The third-order valence-corrected chi connectivity index (χ3v) is 4.71. The van der Waals surface area contributed by atoms with Gasteiger partial charge in [-0.1, -0.05) is 6.92 Å². The van der Waals surface area contributed by atoms with E-state index in [1.807, 2.05) is 6.92 Å². The molecule has 21 heavy (non-hydrogen) atoms. The Morgan fingerprint density at radius 1 is 1.48 bits per heavy atom. The molecule has 0 saturated heterocycles. The quantitative estimate of drug-likeness (QED) is 0.864. The van der Waals surface area contributed by atoms with Crippen molar-refractivity contribution in [1.29, 1.82) is 0 Å². The lowest BCUT2D eigenvalue weighted by Gasteiger charge is -2.13. The summed E-state index contributed by atoms with van der Waals surface area (Å²) in [5.41, 5.74) is -0.219. The van der Waals surface area contributed by atoms with Crippen molar-refractivity contribution in [3.63, 3.8) is 0 Å². The Morgan fingerprint density at radius 3 is 2.62 bits per heavy atom. The minimum atomic E-state index is -3.98. The molecule has 5 nitrogen and oxygen atoms in total. The van der Waals surface area contributed by atoms with Gasteiger partial charge in [0.1, 0.15) is 5.82 Å². The molecular weight excluding hydrogens is 295 g/mol. The Balaban J connectivity index is 2.21. The summed E-state index contributed by atoms with van der Waals surface area (Å²) in [4.78, 5) is 11.8. The van der Waals surface area contributed by atoms with Crippen molar-refractivity contribution in [2.24, 2.45) is 17.0 Å². The number of hydrogen-bond donors (Lipinski definition) is 2. The van der Waals surface area contributed by atoms with Gasteiger partial charge in [0.25, 0.3) is 5.91 Å². The molecule has 7 heteroatoms. The molecule has 1 aromatic carbocycles. The van der Waals surface area contributed by atoms with Crippen molar-refractivity contribution in [2.75, 3.05) is 6.54 Å². The number of sulfonamides is 1. The van der Waals surface area contributed by atoms with Gasteiger partial charge in [-0.05, 0) is 49.3 Å². The van der Waals surface area contributed by atoms with E-state index in [2.05, 4.69) is 5.32 Å². The molecule has 1 atom stereocenters. The summed E-state index contributed by atoms with van der Waals surface area (Å²) in [6, 6.07) is 2.10. The van der Waals surface area contributed by atoms with Crippen molar-refractivity contribution >= 4 is 15.9 Å². The fraction of sp³-hybridized carbons (Fsp3) is 0.500. The lowest BCUT2D eigenvalue weighted by atomic mass is 10.1. The maximum absolute atomic E-state index is 14.0. The average Bonchev–Trinajstić information content (AvgIpc) is 3.21. The molecule has 1 unspecified atom stereocenters. The highest BCUT2D eigenvalue weighted by Gasteiger charge is 2.28. The highest BCUT2D eigenvalue weighted by atomic mass is 32.2. The number of hydrogen-bond acceptors (Lipinski definition) is 3. The molecule has 0 bridgehead atoms. The molecule has 0 radical (unpaired) electrons. The molecule has 0 heterocycles. The summed E-state index contributed by atoms with van der Waals surface area (Å²) in [7, 11) is -3.98. The number of carbonyl (C=O) groups is 1. The van der Waals surface area contributed by atoms with Gasteiger partial charge in [-0.25, -0.2) is 17.9 Å². The normalized spacial score (nSPS) is 16.6. The first-order valence-corrected chi connectivity index (χ1v) is 8.36. The van der Waals surface area contributed by atoms with Gasteiger partial charge >= 0.3 is 0 Å². The highest BCUT2D eigenvalue weighted by Crippen LogP contribution is 2.36. The maximum Gasteiger partial charge on any atom is 0.254 e. The summed E-state index contributed by atoms with van der Waals surface area (Å²) in [5, 5.41) is 7.69. The molecule has 1 fully saturated rings. The fourth-order valence-corrected chi connectivity index (χ4v) is 2.87. The summed E-state index contributed by atoms with van der Waals surface area (Å²) < 4.78 is 36.7. The van der Waals surface area contributed by atoms with Gasteiger partial charge in [-0.3, -0.25) is 4.79 Å². The Bertz CT molecular complexity index is 669. The van der Waals surface area contributed by atoms with E-state index in [0.29, 0.717) is 18.4 Å². The van der Waals surface area contributed by atoms with Crippen LogP contribution >= 0.6 is 0 Å². The van der Waals surface area contributed by atoms with E-state index in [1.54, 1.807) is 0 Å². The average molecular weight is 314 g/mol. The molecule has 0 aromatic heterocycles. The van der Waals surface area contributed by atoms with Gasteiger partial charge in [-0.15, -0.1) is 0 Å². The Morgan fingerprint density at radius 2 is 2.10 bits per heavy atom. The number of halogens is 1. The van der Waals surface area contributed by atoms with Crippen molar-refractivity contribution in [2.45, 2.75) is 31.6 Å². The van der Waals surface area contributed by atoms with Crippen LogP contribution in [0, 0.1) is 24.6 Å². The number of nitrogens with two attached hydrogens (primary N) is 1. The number of rotatable bonds is 5. The first kappa shape index (κ1) is 15.9. The zero-order valence-electron chi connectivity index (χ0n) is 12.0. The van der Waals surface area contributed by atoms with E-state index in [0.717, 1.165) is 25.0 Å². The predicted molar refractivity (Wildman–Crippen MR) is 76.7 cm³/mol. The van der Waals surface area contributed by atoms with Crippen molar-refractivity contribution in [3.8, 4) is 0 Å². The summed E-state index contributed by atoms with van der Waals surface area (Å²) in [6.45, 7) is 3.87. The Kier molecular flexibility index (Phi) is 4.34. The topological polar surface area (TPSA) is 89.3 Å². The number of nitrogens with one attached hydrogen (secondary N) is 1. The van der Waals surface area contributed by atoms with Crippen molar-refractivity contribution in [3.05, 3.63) is 29.1 Å². The third-order valence-electron chi connectivity index (χ3n) is 3.81. The zero-order chi connectivity index (χ0) is 15.8. The number of aryl methyl sites for hydroxylation is 1. The van der Waals surface area contributed by atoms with Gasteiger partial charge in [0.15, 0.2) is 0 Å². The summed E-state index contributed by atoms with van der Waals surface area (Å²) >= 11 is 0. The second-order valence-corrected chi connectivity index (χ2v) is 7.23. The molecule has 1 aliphatic rings. The van der Waals surface area contributed by atoms with Crippen LogP contribution in [0.25, 0.3) is 0 Å². The molecule has 0 spiro atoms. The number of benzene rings is 1. The first-order chi connectivity index (χ1) is 9.70. The molecule has 2 rings (SSSR count). The van der Waals surface area contributed by atoms with Crippen LogP contribution in [0.15, 0.2) is 17.0 Å². The largest absolute Gasteiger partial charge is 0.352 e. The SMILES string of the molecule is Cc1cc(S(N)(=O)=O)cc(C(=O)NCC(C)C2CC2)c1F. The third kappa shape index (κ3) is 3.79. The van der Waals surface area contributed by atoms with Crippen LogP contribution in [0.3, 0.4) is 0 Å². The zero-order valence-corrected chi connectivity index (χ0v) is 12.8. The van der Waals surface area contributed by atoms with E-state index in [9.17, 15) is 17.6 Å². The van der Waals surface area contributed by atoms with Gasteiger partial charge < -0.3 is 5.32 Å². The van der Waals surface area contributed by atoms with Gasteiger partial charge in [-0.2, -0.15) is 0 Å². The highest BCUT2D eigenvalue weighted by molar-refractivity contribution is 7.89. The molecular formula is C14H19FN2O3S. The van der Waals surface area contributed by atoms with Crippen LogP contribution in [0.4, 0.5) is 4.39 Å². The second kappa shape index (κ2) is 5.73. The molecule has 1 aliphatic carbocycles. The number of amides is 1. The van der Waals surface area contributed by atoms with Gasteiger partial charge in [0.2, 0.25) is 10.0 Å². The van der Waals surface area contributed by atoms with Crippen LogP contribution in [-0.4, -0.2) is 20.9 Å². The first-order valence-electron chi connectivity index (χ1n) is 6.81. The van der Waals surface area contributed by atoms with Gasteiger partial charge in [0, 0.05) is 6.54 Å². The van der Waals surface area contributed by atoms with E-state index in [-0.39, 0.29) is 16.0 Å². The van der Waals surface area contributed by atoms with Crippen LogP contribution in [-0.2, 0) is 10.0 Å². The number of primary sulfonamides is 1. The Hall–Kier alpha value is -1.47. The standard InChI is InChI=1S/C14H19FN2O3S/c1-8-5-11(21(16,19)20)6-12(13(8)15)14(18)17-7-9(2)10-3-4-10/h5-6,9-10H,3-4,7H2,1-2H3,(H,17,18)(H2,16,19,20). The van der Waals surface area contributed by atoms with Crippen LogP contribution in [0.1, 0.15) is 35.7 Å². The summed E-state index contributed by atoms with van der Waals surface area (Å²) in [5.74, 6) is -0.389. The summed E-state index contributed by atoms with van der Waals surface area (Å²) in [6.07, 6.45) is 2.32. The van der Waals surface area contributed by atoms with Crippen LogP contribution < -0.4 is 10.5 Å². The molecule has 1 aromatic rings. The molecule has 3 N–H and O–H groups in total. The van der Waals surface area contributed by atoms with Crippen LogP contribution in [0.2, 0.25) is 0 Å². The lowest BCUT2D eigenvalue weighted by Crippen LogP contribution is -2.30. The monoisotopic (exact) mass is 314 g/mol. The number of carbonyl (C=O) groups excluding carboxylic acids is 1. The predicted octanol–water partition coefficient (Wildman–Crippen LogP) is 1.56. The maximum atomic E-state index is 14.0. The van der Waals surface area contributed by atoms with E-state index in [4.69, 9.17) is 5.14 Å². The molecule has 1 amide bonds. The van der Waals surface area contributed by atoms with E-state index >= 15 is 0 Å². The fourth-order valence-electron chi connectivity index (χ4n) is 2.25. The minimum absolute atomic E-state index is 0.0712. The van der Waals surface area contributed by atoms with Crippen molar-refractivity contribution in [1.82, 2.24) is 5.32 Å². The molecule has 1 saturated carbocycles. The minimum Gasteiger partial charge on any atom is -0.352 e. The van der Waals surface area contributed by atoms with E-state index in [1.165, 1.54) is 6.92 Å². The molecule has 0 aliphatic heterocycles. The Labute approximate surface area is 123 Å².